The molecule has 0 fully saturated rings. The van der Waals surface area contributed by atoms with Gasteiger partial charge in [0.05, 0.1) is 0 Å². The number of hydrogen-bond donors (Lipinski definition) is 0. The summed E-state index contributed by atoms with van der Waals surface area (Å²) in [5.74, 6) is 0. The molecule has 0 radical (unpaired) electrons. The molecule has 4 heavy (non-hydrogen) atoms. The lowest BCUT2D eigenvalue weighted by atomic mass is 11.2. The van der Waals surface area contributed by atoms with E-state index >= 15 is 0 Å². The van der Waals surface area contributed by atoms with Crippen LogP contribution in [0.15, 0.2) is 12.7 Å². The standard InChI is InChI=1S/C2H2F2/c3-1-2-4/h1-2H/b2-1-. The quantitative estimate of drug-likeness (QED) is 0.399. The third kappa shape index (κ3) is 1.60. The molecular formula is C2H2F2. The molecule has 0 saturated heterocycles. The van der Waals surface area contributed by atoms with Gasteiger partial charge in [-0.1, -0.05) is 0 Å². The molecule has 0 bridgehead atoms. The van der Waals surface area contributed by atoms with Crippen molar-refractivity contribution in [1.29, 1.82) is 0 Å². The first-order valence-corrected chi connectivity index (χ1v) is 0.770. The van der Waals surface area contributed by atoms with E-state index in [1.54, 1.807) is 0 Å². The molecule has 0 nitrogen and oxygen atoms in total. The second kappa shape index (κ2) is 2.60. The Balaban J connectivity index is 2.55. The van der Waals surface area contributed by atoms with Gasteiger partial charge >= 0.3 is 0 Å². The molecule has 2 heteroatoms. The van der Waals surface area contributed by atoms with Gasteiger partial charge in [-0.15, -0.1) is 0 Å². The van der Waals surface area contributed by atoms with E-state index in [0.29, 0.717) is 0 Å². The first-order chi connectivity index (χ1) is 1.91. The summed E-state index contributed by atoms with van der Waals surface area (Å²) >= 11 is 0. The van der Waals surface area contributed by atoms with Crippen LogP contribution in [-0.2, 0) is 0 Å². The zero-order valence-corrected chi connectivity index (χ0v) is 1.91. The summed E-state index contributed by atoms with van der Waals surface area (Å²) in [5.41, 5.74) is 0. The van der Waals surface area contributed by atoms with Gasteiger partial charge in [0, 0.05) is 0 Å². The highest BCUT2D eigenvalue weighted by molar-refractivity contribution is 4.51. The summed E-state index contributed by atoms with van der Waals surface area (Å²) in [5, 5.41) is 0. The Labute approximate surface area is 22.7 Å². The highest BCUT2D eigenvalue weighted by atomic mass is 19.2. The molecule has 24 valence electrons. The van der Waals surface area contributed by atoms with Gasteiger partial charge in [0.25, 0.3) is 0 Å². The number of rotatable bonds is 0. The maximum atomic E-state index is 10.2. The molecule has 0 aliphatic heterocycles. The van der Waals surface area contributed by atoms with Crippen molar-refractivity contribution in [3.05, 3.63) is 12.7 Å². The van der Waals surface area contributed by atoms with E-state index in [4.69, 9.17) is 0 Å². The molecule has 0 N–H and O–H groups in total. The molecule has 0 atom stereocenters. The molecule has 0 aromatic carbocycles. The van der Waals surface area contributed by atoms with Crippen molar-refractivity contribution in [1.82, 2.24) is 0 Å². The topological polar surface area (TPSA) is 0 Å². The van der Waals surface area contributed by atoms with Gasteiger partial charge in [0.15, 0.2) is 0 Å². The first kappa shape index (κ1) is 3.60. The van der Waals surface area contributed by atoms with E-state index in [9.17, 15) is 8.78 Å². The van der Waals surface area contributed by atoms with Gasteiger partial charge in [-0.3, -0.25) is 0 Å². The van der Waals surface area contributed by atoms with Crippen LogP contribution in [0.1, 0.15) is 0 Å². The average molecular weight is 64.0 g/mol. The fraction of sp³-hybridized carbons (Fsp3) is 0. The van der Waals surface area contributed by atoms with Gasteiger partial charge in [0.2, 0.25) is 0 Å². The molecule has 0 spiro atoms. The van der Waals surface area contributed by atoms with Crippen molar-refractivity contribution in [3.63, 3.8) is 0 Å². The van der Waals surface area contributed by atoms with E-state index < -0.39 is 0 Å². The fourth-order valence-electron chi connectivity index (χ4n) is 0. The third-order valence-electron chi connectivity index (χ3n) is 0.0476. The lowest BCUT2D eigenvalue weighted by Crippen LogP contribution is -1.18. The SMILES string of the molecule is F/C=C\F. The van der Waals surface area contributed by atoms with Crippen LogP contribution in [-0.4, -0.2) is 0 Å². The summed E-state index contributed by atoms with van der Waals surface area (Å²) < 4.78 is 20.3. The summed E-state index contributed by atoms with van der Waals surface area (Å²) in [6.07, 6.45) is -0.333. The highest BCUT2D eigenvalue weighted by Gasteiger charge is 1.43. The summed E-state index contributed by atoms with van der Waals surface area (Å²) in [7, 11) is 0. The summed E-state index contributed by atoms with van der Waals surface area (Å²) in [6.45, 7) is 0. The minimum Gasteiger partial charge on any atom is -0.213 e. The van der Waals surface area contributed by atoms with Gasteiger partial charge in [0.1, 0.15) is 12.7 Å². The van der Waals surface area contributed by atoms with Crippen LogP contribution in [0.4, 0.5) is 8.78 Å². The van der Waals surface area contributed by atoms with Crippen molar-refractivity contribution in [2.24, 2.45) is 0 Å². The van der Waals surface area contributed by atoms with E-state index in [1.165, 1.54) is 0 Å². The summed E-state index contributed by atoms with van der Waals surface area (Å²) in [4.78, 5) is 0. The van der Waals surface area contributed by atoms with E-state index in [-0.39, 0.29) is 12.7 Å². The Kier molecular flexibility index (Phi) is 2.34. The molecule has 0 aliphatic carbocycles. The fourth-order valence-corrected chi connectivity index (χ4v) is 0. The minimum absolute atomic E-state index is 0.167. The maximum Gasteiger partial charge on any atom is 0.115 e. The lowest BCUT2D eigenvalue weighted by Gasteiger charge is -1.42. The predicted molar refractivity (Wildman–Crippen MR) is 11.4 cm³/mol. The Morgan fingerprint density at radius 1 is 1.00 bits per heavy atom. The molecule has 0 rings (SSSR count). The van der Waals surface area contributed by atoms with Crippen molar-refractivity contribution in [2.75, 3.05) is 0 Å². The number of halogens is 2. The second-order valence-electron chi connectivity index (χ2n) is 0.252. The van der Waals surface area contributed by atoms with Crippen molar-refractivity contribution in [2.45, 2.75) is 0 Å². The molecule has 0 aromatic rings. The van der Waals surface area contributed by atoms with Crippen LogP contribution < -0.4 is 0 Å². The van der Waals surface area contributed by atoms with Crippen molar-refractivity contribution < 1.29 is 8.78 Å². The molecule has 0 heterocycles. The Hall–Kier alpha value is -0.400. The third-order valence-corrected chi connectivity index (χ3v) is 0.0476. The van der Waals surface area contributed by atoms with Crippen LogP contribution in [0.2, 0.25) is 0 Å². The Morgan fingerprint density at radius 2 is 1.25 bits per heavy atom. The van der Waals surface area contributed by atoms with Crippen LogP contribution in [0.25, 0.3) is 0 Å². The largest absolute Gasteiger partial charge is 0.213 e. The minimum atomic E-state index is -0.167. The van der Waals surface area contributed by atoms with Gasteiger partial charge in [-0.2, -0.15) is 0 Å². The van der Waals surface area contributed by atoms with Gasteiger partial charge < -0.3 is 0 Å². The average Bonchev–Trinajstić information content (AvgIpc) is 1.37. The second-order valence-corrected chi connectivity index (χ2v) is 0.252. The smallest absolute Gasteiger partial charge is 0.115 e. The zero-order valence-electron chi connectivity index (χ0n) is 1.91. The van der Waals surface area contributed by atoms with Crippen LogP contribution in [0.3, 0.4) is 0 Å². The molecule has 0 aromatic heterocycles. The van der Waals surface area contributed by atoms with E-state index in [2.05, 4.69) is 0 Å². The van der Waals surface area contributed by atoms with Crippen molar-refractivity contribution in [3.8, 4) is 0 Å². The Bertz CT molecular complexity index is 19.2. The normalized spacial score (nSPS) is 9.50. The highest BCUT2D eigenvalue weighted by Crippen LogP contribution is 1.67. The van der Waals surface area contributed by atoms with Crippen LogP contribution >= 0.6 is 0 Å². The molecule has 0 amide bonds. The van der Waals surface area contributed by atoms with E-state index in [0.717, 1.165) is 0 Å². The number of hydrogen-bond acceptors (Lipinski definition) is 0. The summed E-state index contributed by atoms with van der Waals surface area (Å²) in [6, 6.07) is 0. The predicted octanol–water partition coefficient (Wildman–Crippen LogP) is 1.40. The van der Waals surface area contributed by atoms with Crippen LogP contribution in [0, 0.1) is 0 Å². The molecule has 0 aliphatic rings. The maximum absolute atomic E-state index is 10.2. The van der Waals surface area contributed by atoms with Gasteiger partial charge in [-0.05, 0) is 0 Å². The zero-order chi connectivity index (χ0) is 3.41. The lowest BCUT2D eigenvalue weighted by molar-refractivity contribution is 0.645. The molecule has 0 unspecified atom stereocenters. The van der Waals surface area contributed by atoms with E-state index in [1.807, 2.05) is 0 Å². The molecule has 0 saturated carbocycles. The van der Waals surface area contributed by atoms with Gasteiger partial charge in [-0.25, -0.2) is 8.78 Å². The monoisotopic (exact) mass is 64.0 g/mol. The molecular weight excluding hydrogens is 62.0 g/mol. The first-order valence-electron chi connectivity index (χ1n) is 0.770. The Morgan fingerprint density at radius 3 is 1.25 bits per heavy atom. The van der Waals surface area contributed by atoms with Crippen molar-refractivity contribution >= 4 is 0 Å². The van der Waals surface area contributed by atoms with Crippen LogP contribution in [0.5, 0.6) is 0 Å².